The number of furan rings is 1. The topological polar surface area (TPSA) is 79.6 Å². The Morgan fingerprint density at radius 2 is 2.05 bits per heavy atom. The second-order valence-electron chi connectivity index (χ2n) is 5.84. The van der Waals surface area contributed by atoms with E-state index in [1.807, 2.05) is 12.1 Å². The van der Waals surface area contributed by atoms with Crippen LogP contribution in [0.1, 0.15) is 38.0 Å². The molecule has 1 N–H and O–H groups in total. The normalized spacial score (nSPS) is 19.5. The first-order valence-electron chi connectivity index (χ1n) is 7.63. The van der Waals surface area contributed by atoms with Crippen molar-refractivity contribution >= 4 is 15.7 Å². The summed E-state index contributed by atoms with van der Waals surface area (Å²) in [5.41, 5.74) is 0. The SMILES string of the molecule is C[C@@H](C(=O)NC[C@H](c1ccco1)N1CCCCC1)S(C)(=O)=O. The van der Waals surface area contributed by atoms with Crippen LogP contribution in [0.5, 0.6) is 0 Å². The van der Waals surface area contributed by atoms with E-state index in [9.17, 15) is 13.2 Å². The maximum absolute atomic E-state index is 12.0. The maximum Gasteiger partial charge on any atom is 0.238 e. The molecular formula is C15H24N2O4S. The Morgan fingerprint density at radius 3 is 2.59 bits per heavy atom. The predicted octanol–water partition coefficient (Wildman–Crippen LogP) is 1.36. The van der Waals surface area contributed by atoms with Gasteiger partial charge in [-0.15, -0.1) is 0 Å². The lowest BCUT2D eigenvalue weighted by atomic mass is 10.1. The van der Waals surface area contributed by atoms with Gasteiger partial charge in [0.2, 0.25) is 5.91 Å². The number of piperidine rings is 1. The van der Waals surface area contributed by atoms with Gasteiger partial charge >= 0.3 is 0 Å². The number of carbonyl (C=O) groups is 1. The average molecular weight is 328 g/mol. The van der Waals surface area contributed by atoms with E-state index < -0.39 is 21.0 Å². The molecule has 0 radical (unpaired) electrons. The summed E-state index contributed by atoms with van der Waals surface area (Å²) in [6.07, 6.45) is 6.17. The molecule has 1 aromatic rings. The Bertz CT molecular complexity index is 577. The zero-order chi connectivity index (χ0) is 16.2. The van der Waals surface area contributed by atoms with Crippen LogP contribution in [0.15, 0.2) is 22.8 Å². The van der Waals surface area contributed by atoms with Gasteiger partial charge in [0.1, 0.15) is 11.0 Å². The molecule has 2 rings (SSSR count). The minimum absolute atomic E-state index is 0.0500. The van der Waals surface area contributed by atoms with Crippen LogP contribution >= 0.6 is 0 Å². The number of amides is 1. The molecule has 0 spiro atoms. The molecule has 0 bridgehead atoms. The highest BCUT2D eigenvalue weighted by Gasteiger charge is 2.28. The molecule has 2 heterocycles. The van der Waals surface area contributed by atoms with Gasteiger partial charge in [0.05, 0.1) is 12.3 Å². The van der Waals surface area contributed by atoms with Gasteiger partial charge in [-0.2, -0.15) is 0 Å². The van der Waals surface area contributed by atoms with E-state index in [0.717, 1.165) is 37.9 Å². The largest absolute Gasteiger partial charge is 0.468 e. The molecule has 1 amide bonds. The van der Waals surface area contributed by atoms with Crippen LogP contribution in [0.3, 0.4) is 0 Å². The van der Waals surface area contributed by atoms with Crippen LogP contribution in [0.2, 0.25) is 0 Å². The summed E-state index contributed by atoms with van der Waals surface area (Å²) in [5.74, 6) is 0.338. The Labute approximate surface area is 131 Å². The number of nitrogens with zero attached hydrogens (tertiary/aromatic N) is 1. The Hall–Kier alpha value is -1.34. The summed E-state index contributed by atoms with van der Waals surface area (Å²) in [6, 6.07) is 3.67. The Balaban J connectivity index is 2.02. The highest BCUT2D eigenvalue weighted by atomic mass is 32.2. The number of carbonyl (C=O) groups excluding carboxylic acids is 1. The van der Waals surface area contributed by atoms with Crippen LogP contribution in [0.25, 0.3) is 0 Å². The summed E-state index contributed by atoms with van der Waals surface area (Å²) in [7, 11) is -3.38. The third-order valence-electron chi connectivity index (χ3n) is 4.18. The van der Waals surface area contributed by atoms with Gasteiger partial charge in [-0.3, -0.25) is 9.69 Å². The molecule has 0 aromatic carbocycles. The van der Waals surface area contributed by atoms with E-state index in [2.05, 4.69) is 10.2 Å². The monoisotopic (exact) mass is 328 g/mol. The number of sulfone groups is 1. The summed E-state index contributed by atoms with van der Waals surface area (Å²) in [6.45, 7) is 3.69. The molecule has 7 heteroatoms. The van der Waals surface area contributed by atoms with Gasteiger partial charge in [0, 0.05) is 12.8 Å². The van der Waals surface area contributed by atoms with Crippen LogP contribution < -0.4 is 5.32 Å². The molecule has 0 unspecified atom stereocenters. The van der Waals surface area contributed by atoms with Crippen molar-refractivity contribution in [2.45, 2.75) is 37.5 Å². The van der Waals surface area contributed by atoms with E-state index in [1.165, 1.54) is 13.3 Å². The van der Waals surface area contributed by atoms with Gasteiger partial charge in [-0.1, -0.05) is 6.42 Å². The Kier molecular flexibility index (Phi) is 5.63. The lowest BCUT2D eigenvalue weighted by molar-refractivity contribution is -0.120. The van der Waals surface area contributed by atoms with Crippen molar-refractivity contribution in [1.82, 2.24) is 10.2 Å². The van der Waals surface area contributed by atoms with E-state index in [1.54, 1.807) is 6.26 Å². The molecule has 6 nitrogen and oxygen atoms in total. The van der Waals surface area contributed by atoms with Crippen molar-refractivity contribution in [3.05, 3.63) is 24.2 Å². The fraction of sp³-hybridized carbons (Fsp3) is 0.667. The second kappa shape index (κ2) is 7.28. The van der Waals surface area contributed by atoms with Crippen molar-refractivity contribution < 1.29 is 17.6 Å². The zero-order valence-electron chi connectivity index (χ0n) is 13.1. The standard InChI is InChI=1S/C15H24N2O4S/c1-12(22(2,19)20)15(18)16-11-13(14-7-6-10-21-14)17-8-4-3-5-9-17/h6-7,10,12-13H,3-5,8-9,11H2,1-2H3,(H,16,18)/t12-,13+/m0/s1. The third kappa shape index (κ3) is 4.33. The average Bonchev–Trinajstić information content (AvgIpc) is 3.00. The summed E-state index contributed by atoms with van der Waals surface area (Å²) in [4.78, 5) is 14.3. The van der Waals surface area contributed by atoms with Gasteiger partial charge in [0.15, 0.2) is 9.84 Å². The lowest BCUT2D eigenvalue weighted by Crippen LogP contribution is -2.44. The highest BCUT2D eigenvalue weighted by Crippen LogP contribution is 2.24. The first-order valence-corrected chi connectivity index (χ1v) is 9.59. The molecule has 1 aromatic heterocycles. The number of nitrogens with one attached hydrogen (secondary N) is 1. The summed E-state index contributed by atoms with van der Waals surface area (Å²) in [5, 5.41) is 1.72. The summed E-state index contributed by atoms with van der Waals surface area (Å²) < 4.78 is 28.4. The number of rotatable bonds is 6. The van der Waals surface area contributed by atoms with E-state index >= 15 is 0 Å². The molecule has 1 aliphatic heterocycles. The first-order chi connectivity index (χ1) is 10.4. The lowest BCUT2D eigenvalue weighted by Gasteiger charge is -2.33. The quantitative estimate of drug-likeness (QED) is 0.853. The van der Waals surface area contributed by atoms with Crippen molar-refractivity contribution in [3.63, 3.8) is 0 Å². The summed E-state index contributed by atoms with van der Waals surface area (Å²) >= 11 is 0. The Morgan fingerprint density at radius 1 is 1.36 bits per heavy atom. The third-order valence-corrected chi connectivity index (χ3v) is 5.68. The molecule has 1 fully saturated rings. The van der Waals surface area contributed by atoms with Crippen molar-refractivity contribution in [1.29, 1.82) is 0 Å². The molecule has 0 saturated carbocycles. The predicted molar refractivity (Wildman–Crippen MR) is 84.2 cm³/mol. The van der Waals surface area contributed by atoms with Crippen molar-refractivity contribution in [2.75, 3.05) is 25.9 Å². The van der Waals surface area contributed by atoms with Crippen LogP contribution in [-0.2, 0) is 14.6 Å². The minimum Gasteiger partial charge on any atom is -0.468 e. The maximum atomic E-state index is 12.0. The second-order valence-corrected chi connectivity index (χ2v) is 8.21. The van der Waals surface area contributed by atoms with E-state index in [-0.39, 0.29) is 6.04 Å². The molecule has 22 heavy (non-hydrogen) atoms. The van der Waals surface area contributed by atoms with Crippen LogP contribution in [0.4, 0.5) is 0 Å². The van der Waals surface area contributed by atoms with Crippen molar-refractivity contribution in [3.8, 4) is 0 Å². The first kappa shape index (κ1) is 17.0. The number of hydrogen-bond acceptors (Lipinski definition) is 5. The van der Waals surface area contributed by atoms with Gasteiger partial charge in [0.25, 0.3) is 0 Å². The molecule has 2 atom stereocenters. The highest BCUT2D eigenvalue weighted by molar-refractivity contribution is 7.92. The minimum atomic E-state index is -3.38. The molecule has 1 aliphatic rings. The molecule has 124 valence electrons. The van der Waals surface area contributed by atoms with Crippen LogP contribution in [0, 0.1) is 0 Å². The fourth-order valence-electron chi connectivity index (χ4n) is 2.66. The molecule has 0 aliphatic carbocycles. The number of likely N-dealkylation sites (tertiary alicyclic amines) is 1. The van der Waals surface area contributed by atoms with Gasteiger partial charge in [-0.05, 0) is 45.0 Å². The number of hydrogen-bond donors (Lipinski definition) is 1. The van der Waals surface area contributed by atoms with Crippen LogP contribution in [-0.4, -0.2) is 50.4 Å². The smallest absolute Gasteiger partial charge is 0.238 e. The fourth-order valence-corrected chi connectivity index (χ4v) is 3.13. The molecular weight excluding hydrogens is 304 g/mol. The van der Waals surface area contributed by atoms with Gasteiger partial charge in [-0.25, -0.2) is 8.42 Å². The van der Waals surface area contributed by atoms with Gasteiger partial charge < -0.3 is 9.73 Å². The van der Waals surface area contributed by atoms with Crippen molar-refractivity contribution in [2.24, 2.45) is 0 Å². The van der Waals surface area contributed by atoms with E-state index in [4.69, 9.17) is 4.42 Å². The zero-order valence-corrected chi connectivity index (χ0v) is 13.9. The van der Waals surface area contributed by atoms with E-state index in [0.29, 0.717) is 6.54 Å². The molecule has 1 saturated heterocycles.